The minimum Gasteiger partial charge on any atom is -0.351 e. The lowest BCUT2D eigenvalue weighted by molar-refractivity contribution is -0.119. The molecular formula is C33H35ClN2O2. The van der Waals surface area contributed by atoms with Crippen LogP contribution in [0.1, 0.15) is 70.4 Å². The molecule has 0 saturated carbocycles. The molecule has 0 fully saturated rings. The highest BCUT2D eigenvalue weighted by Gasteiger charge is 2.48. The Labute approximate surface area is 230 Å². The van der Waals surface area contributed by atoms with Gasteiger partial charge in [-0.3, -0.25) is 9.59 Å². The molecule has 0 N–H and O–H groups in total. The minimum atomic E-state index is -0.339. The lowest BCUT2D eigenvalue weighted by Crippen LogP contribution is -2.43. The molecule has 0 radical (unpaired) electrons. The number of hydrogen-bond donors (Lipinski definition) is 0. The molecule has 0 saturated heterocycles. The van der Waals surface area contributed by atoms with Crippen molar-refractivity contribution in [3.8, 4) is 0 Å². The number of rotatable bonds is 3. The number of aromatic nitrogens is 1. The number of Topliss-reactive ketones (excluding diaryl/α,β-unsaturated/α-hetero) is 2. The summed E-state index contributed by atoms with van der Waals surface area (Å²) in [5, 5.41) is 1.81. The van der Waals surface area contributed by atoms with Crippen molar-refractivity contribution in [1.82, 2.24) is 9.47 Å². The number of fused-ring (bicyclic) bond motifs is 1. The maximum Gasteiger partial charge on any atom is 0.162 e. The van der Waals surface area contributed by atoms with E-state index in [0.717, 1.165) is 57.4 Å². The maximum absolute atomic E-state index is 13.9. The summed E-state index contributed by atoms with van der Waals surface area (Å²) < 4.78 is 2.24. The third-order valence-corrected chi connectivity index (χ3v) is 8.79. The van der Waals surface area contributed by atoms with E-state index < -0.39 is 0 Å². The van der Waals surface area contributed by atoms with E-state index in [4.69, 9.17) is 11.6 Å². The number of benzene rings is 2. The molecule has 3 aromatic rings. The molecule has 6 rings (SSSR count). The van der Waals surface area contributed by atoms with Gasteiger partial charge in [0.1, 0.15) is 0 Å². The van der Waals surface area contributed by atoms with Gasteiger partial charge >= 0.3 is 0 Å². The van der Waals surface area contributed by atoms with Gasteiger partial charge in [0.25, 0.3) is 0 Å². The number of ketones is 2. The lowest BCUT2D eigenvalue weighted by Gasteiger charge is -2.47. The quantitative estimate of drug-likeness (QED) is 0.352. The van der Waals surface area contributed by atoms with Crippen LogP contribution in [0.2, 0.25) is 5.02 Å². The smallest absolute Gasteiger partial charge is 0.162 e. The van der Waals surface area contributed by atoms with E-state index in [1.807, 2.05) is 30.3 Å². The van der Waals surface area contributed by atoms with Gasteiger partial charge in [0.05, 0.1) is 0 Å². The first kappa shape index (κ1) is 25.2. The van der Waals surface area contributed by atoms with Crippen LogP contribution in [0.5, 0.6) is 0 Å². The summed E-state index contributed by atoms with van der Waals surface area (Å²) in [6.45, 7) is 9.36. The van der Waals surface area contributed by atoms with E-state index in [-0.39, 0.29) is 28.3 Å². The first-order valence-electron chi connectivity index (χ1n) is 13.5. The molecule has 0 bridgehead atoms. The van der Waals surface area contributed by atoms with Crippen LogP contribution in [-0.4, -0.2) is 28.1 Å². The SMILES string of the molecule is CN1C2=C(C(=O)CC(C)(C)C2)C(c2cn(Cc3cccc(Cl)c3)c3ccccc23)C2=C1CC(C)(C)CC2=O. The van der Waals surface area contributed by atoms with Crippen LogP contribution in [0.4, 0.5) is 0 Å². The van der Waals surface area contributed by atoms with Gasteiger partial charge in [0, 0.05) is 77.0 Å². The topological polar surface area (TPSA) is 42.3 Å². The first-order valence-corrected chi connectivity index (χ1v) is 13.9. The average Bonchev–Trinajstić information content (AvgIpc) is 3.17. The number of para-hydroxylation sites is 1. The third kappa shape index (κ3) is 4.14. The van der Waals surface area contributed by atoms with Gasteiger partial charge in [-0.1, -0.05) is 69.6 Å². The number of halogens is 1. The highest BCUT2D eigenvalue weighted by molar-refractivity contribution is 6.30. The fourth-order valence-electron chi connectivity index (χ4n) is 6.94. The second kappa shape index (κ2) is 8.71. The van der Waals surface area contributed by atoms with Gasteiger partial charge in [0.15, 0.2) is 11.6 Å². The highest BCUT2D eigenvalue weighted by Crippen LogP contribution is 2.54. The number of hydrogen-bond acceptors (Lipinski definition) is 3. The van der Waals surface area contributed by atoms with Crippen LogP contribution in [0.3, 0.4) is 0 Å². The molecule has 2 heterocycles. The van der Waals surface area contributed by atoms with E-state index in [2.05, 4.69) is 68.6 Å². The molecule has 38 heavy (non-hydrogen) atoms. The predicted molar refractivity (Wildman–Crippen MR) is 153 cm³/mol. The van der Waals surface area contributed by atoms with Crippen LogP contribution >= 0.6 is 11.6 Å². The first-order chi connectivity index (χ1) is 17.9. The highest BCUT2D eigenvalue weighted by atomic mass is 35.5. The Bertz CT molecular complexity index is 1510. The summed E-state index contributed by atoms with van der Waals surface area (Å²) in [7, 11) is 2.06. The predicted octanol–water partition coefficient (Wildman–Crippen LogP) is 7.66. The fourth-order valence-corrected chi connectivity index (χ4v) is 7.16. The summed E-state index contributed by atoms with van der Waals surface area (Å²) in [4.78, 5) is 30.0. The Balaban J connectivity index is 1.59. The van der Waals surface area contributed by atoms with Crippen molar-refractivity contribution < 1.29 is 9.59 Å². The Hall–Kier alpha value is -3.11. The molecule has 2 aromatic carbocycles. The van der Waals surface area contributed by atoms with Crippen LogP contribution in [0.15, 0.2) is 77.3 Å². The Kier molecular flexibility index (Phi) is 5.77. The summed E-state index contributed by atoms with van der Waals surface area (Å²) in [6, 6.07) is 16.3. The van der Waals surface area contributed by atoms with Crippen molar-refractivity contribution in [2.24, 2.45) is 10.8 Å². The van der Waals surface area contributed by atoms with Gasteiger partial charge in [0.2, 0.25) is 0 Å². The molecule has 0 amide bonds. The van der Waals surface area contributed by atoms with E-state index in [9.17, 15) is 9.59 Å². The molecule has 196 valence electrons. The zero-order valence-corrected chi connectivity index (χ0v) is 23.7. The van der Waals surface area contributed by atoms with Gasteiger partial charge in [-0.15, -0.1) is 0 Å². The Morgan fingerprint density at radius 3 is 2.05 bits per heavy atom. The summed E-state index contributed by atoms with van der Waals surface area (Å²) in [5.41, 5.74) is 6.87. The van der Waals surface area contributed by atoms with E-state index in [1.54, 1.807) is 0 Å². The molecule has 0 unspecified atom stereocenters. The van der Waals surface area contributed by atoms with Gasteiger partial charge in [-0.25, -0.2) is 0 Å². The zero-order chi connectivity index (χ0) is 27.0. The summed E-state index contributed by atoms with van der Waals surface area (Å²) >= 11 is 6.30. The molecule has 4 nitrogen and oxygen atoms in total. The number of carbonyl (C=O) groups is 2. The molecule has 1 aromatic heterocycles. The van der Waals surface area contributed by atoms with Crippen LogP contribution in [-0.2, 0) is 16.1 Å². The second-order valence-electron chi connectivity index (χ2n) is 13.0. The molecule has 3 aliphatic rings. The number of allylic oxidation sites excluding steroid dienone is 4. The molecule has 2 aliphatic carbocycles. The lowest BCUT2D eigenvalue weighted by atomic mass is 9.64. The van der Waals surface area contributed by atoms with Gasteiger partial charge < -0.3 is 9.47 Å². The average molecular weight is 527 g/mol. The van der Waals surface area contributed by atoms with E-state index in [1.165, 1.54) is 0 Å². The van der Waals surface area contributed by atoms with Crippen molar-refractivity contribution in [3.63, 3.8) is 0 Å². The van der Waals surface area contributed by atoms with Gasteiger partial charge in [-0.05, 0) is 53.0 Å². The number of nitrogens with zero attached hydrogens (tertiary/aromatic N) is 2. The van der Waals surface area contributed by atoms with Crippen molar-refractivity contribution in [2.75, 3.05) is 7.05 Å². The van der Waals surface area contributed by atoms with Crippen LogP contribution < -0.4 is 0 Å². The van der Waals surface area contributed by atoms with Crippen molar-refractivity contribution in [2.45, 2.75) is 65.8 Å². The third-order valence-electron chi connectivity index (χ3n) is 8.55. The molecular weight excluding hydrogens is 492 g/mol. The van der Waals surface area contributed by atoms with Crippen molar-refractivity contribution >= 4 is 34.1 Å². The van der Waals surface area contributed by atoms with Crippen molar-refractivity contribution in [1.29, 1.82) is 0 Å². The second-order valence-corrected chi connectivity index (χ2v) is 13.4. The Morgan fingerprint density at radius 2 is 1.45 bits per heavy atom. The molecule has 1 aliphatic heterocycles. The zero-order valence-electron chi connectivity index (χ0n) is 22.9. The largest absolute Gasteiger partial charge is 0.351 e. The van der Waals surface area contributed by atoms with E-state index >= 15 is 0 Å². The van der Waals surface area contributed by atoms with E-state index in [0.29, 0.717) is 24.4 Å². The van der Waals surface area contributed by atoms with Crippen LogP contribution in [0.25, 0.3) is 10.9 Å². The summed E-state index contributed by atoms with van der Waals surface area (Å²) in [5.74, 6) is 0.00169. The molecule has 0 spiro atoms. The normalized spacial score (nSPS) is 21.3. The van der Waals surface area contributed by atoms with Crippen molar-refractivity contribution in [3.05, 3.63) is 93.4 Å². The minimum absolute atomic E-state index is 0.110. The standard InChI is InChI=1S/C33H35ClN2O2/c1-32(2)14-25-30(27(37)16-32)29(31-26(35(25)5)15-33(3,4)17-28(31)38)23-19-36(24-12-7-6-11-22(23)24)18-20-9-8-10-21(34)13-20/h6-13,19,29H,14-18H2,1-5H3. The summed E-state index contributed by atoms with van der Waals surface area (Å²) in [6.07, 6.45) is 4.83. The molecule has 0 atom stereocenters. The monoisotopic (exact) mass is 526 g/mol. The maximum atomic E-state index is 13.9. The Morgan fingerprint density at radius 1 is 0.842 bits per heavy atom. The fraction of sp³-hybridized carbons (Fsp3) is 0.394. The van der Waals surface area contributed by atoms with Crippen LogP contribution in [0, 0.1) is 10.8 Å². The molecule has 5 heteroatoms. The van der Waals surface area contributed by atoms with Gasteiger partial charge in [-0.2, -0.15) is 0 Å². The number of carbonyl (C=O) groups excluding carboxylic acids is 2.